The second-order valence-corrected chi connectivity index (χ2v) is 3.65. The van der Waals surface area contributed by atoms with Crippen LogP contribution in [-0.2, 0) is 9.53 Å². The maximum Gasteiger partial charge on any atom is 0.356 e. The molecule has 0 amide bonds. The van der Waals surface area contributed by atoms with E-state index >= 15 is 0 Å². The Labute approximate surface area is 103 Å². The summed E-state index contributed by atoms with van der Waals surface area (Å²) in [6, 6.07) is 1.37. The van der Waals surface area contributed by atoms with E-state index in [2.05, 4.69) is 9.72 Å². The van der Waals surface area contributed by atoms with Crippen LogP contribution in [0, 0.1) is 6.92 Å². The minimum Gasteiger partial charge on any atom is -0.479 e. The number of ether oxygens (including phenoxy) is 1. The number of rotatable bonds is 4. The van der Waals surface area contributed by atoms with Crippen LogP contribution in [0.15, 0.2) is 12.3 Å². The van der Waals surface area contributed by atoms with Crippen molar-refractivity contribution in [2.24, 2.45) is 0 Å². The summed E-state index contributed by atoms with van der Waals surface area (Å²) in [4.78, 5) is 25.6. The molecule has 1 aromatic rings. The molecule has 0 aliphatic heterocycles. The van der Waals surface area contributed by atoms with Crippen LogP contribution in [0.2, 0.25) is 0 Å². The van der Waals surface area contributed by atoms with Crippen molar-refractivity contribution in [3.8, 4) is 0 Å². The number of carboxylic acid groups (broad SMARTS) is 1. The molecule has 18 heavy (non-hydrogen) atoms. The number of aliphatic carboxylic acids is 1. The Morgan fingerprint density at radius 3 is 2.44 bits per heavy atom. The van der Waals surface area contributed by atoms with E-state index in [0.29, 0.717) is 5.56 Å². The van der Waals surface area contributed by atoms with E-state index in [1.807, 2.05) is 0 Å². The molecule has 0 spiro atoms. The summed E-state index contributed by atoms with van der Waals surface area (Å²) in [6.07, 6.45) is -2.44. The number of aliphatic hydroxyl groups is 2. The molecule has 0 radical (unpaired) electrons. The monoisotopic (exact) mass is 255 g/mol. The first-order valence-electron chi connectivity index (χ1n) is 5.02. The lowest BCUT2D eigenvalue weighted by Crippen LogP contribution is -2.27. The minimum atomic E-state index is -1.95. The maximum atomic E-state index is 11.3. The van der Waals surface area contributed by atoms with Gasteiger partial charge in [-0.15, -0.1) is 0 Å². The number of carbonyl (C=O) groups is 2. The van der Waals surface area contributed by atoms with E-state index in [0.717, 1.165) is 6.20 Å². The number of hydrogen-bond acceptors (Lipinski definition) is 6. The molecule has 1 rings (SSSR count). The predicted octanol–water partition coefficient (Wildman–Crippen LogP) is -0.344. The number of aromatic nitrogens is 1. The number of pyridine rings is 1. The van der Waals surface area contributed by atoms with Crippen molar-refractivity contribution in [2.75, 3.05) is 7.11 Å². The third-order valence-corrected chi connectivity index (χ3v) is 2.37. The third kappa shape index (κ3) is 2.82. The summed E-state index contributed by atoms with van der Waals surface area (Å²) in [6.45, 7) is 1.56. The number of nitrogens with zero attached hydrogens (tertiary/aromatic N) is 1. The number of esters is 1. The number of carbonyl (C=O) groups excluding carboxylic acids is 1. The molecule has 7 heteroatoms. The summed E-state index contributed by atoms with van der Waals surface area (Å²) >= 11 is 0. The van der Waals surface area contributed by atoms with Crippen LogP contribution in [0.5, 0.6) is 0 Å². The van der Waals surface area contributed by atoms with Crippen LogP contribution in [-0.4, -0.2) is 45.5 Å². The third-order valence-electron chi connectivity index (χ3n) is 2.37. The average Bonchev–Trinajstić information content (AvgIpc) is 2.35. The van der Waals surface area contributed by atoms with Crippen molar-refractivity contribution in [1.29, 1.82) is 0 Å². The second kappa shape index (κ2) is 5.56. The SMILES string of the molecule is COC(=O)c1ncc(C(O)C(O)C(=O)O)cc1C. The van der Waals surface area contributed by atoms with Gasteiger partial charge in [-0.1, -0.05) is 0 Å². The Hall–Kier alpha value is -1.99. The van der Waals surface area contributed by atoms with Gasteiger partial charge in [-0.2, -0.15) is 0 Å². The largest absolute Gasteiger partial charge is 0.479 e. The van der Waals surface area contributed by atoms with Gasteiger partial charge in [0.25, 0.3) is 0 Å². The van der Waals surface area contributed by atoms with Crippen LogP contribution < -0.4 is 0 Å². The first-order chi connectivity index (χ1) is 8.38. The number of carboxylic acids is 1. The normalized spacial score (nSPS) is 13.8. The van der Waals surface area contributed by atoms with Crippen molar-refractivity contribution >= 4 is 11.9 Å². The molecule has 0 fully saturated rings. The molecular weight excluding hydrogens is 242 g/mol. The molecule has 98 valence electrons. The smallest absolute Gasteiger partial charge is 0.356 e. The molecule has 0 aliphatic rings. The second-order valence-electron chi connectivity index (χ2n) is 3.65. The van der Waals surface area contributed by atoms with Gasteiger partial charge in [0.05, 0.1) is 7.11 Å². The first-order valence-corrected chi connectivity index (χ1v) is 5.02. The van der Waals surface area contributed by atoms with Crippen LogP contribution in [0.4, 0.5) is 0 Å². The molecule has 2 atom stereocenters. The zero-order chi connectivity index (χ0) is 13.9. The van der Waals surface area contributed by atoms with Gasteiger partial charge in [0.1, 0.15) is 6.10 Å². The van der Waals surface area contributed by atoms with Crippen molar-refractivity contribution < 1.29 is 29.6 Å². The van der Waals surface area contributed by atoms with Crippen LogP contribution in [0.1, 0.15) is 27.7 Å². The van der Waals surface area contributed by atoms with Gasteiger partial charge in [-0.25, -0.2) is 14.6 Å². The number of hydrogen-bond donors (Lipinski definition) is 3. The highest BCUT2D eigenvalue weighted by Crippen LogP contribution is 2.19. The standard InChI is InChI=1S/C11H13NO6/c1-5-3-6(8(13)9(14)10(15)16)4-12-7(5)11(17)18-2/h3-4,8-9,13-14H,1-2H3,(H,15,16). The summed E-state index contributed by atoms with van der Waals surface area (Å²) in [5.41, 5.74) is 0.587. The van der Waals surface area contributed by atoms with Gasteiger partial charge in [0.15, 0.2) is 11.8 Å². The van der Waals surface area contributed by atoms with Crippen molar-refractivity contribution in [1.82, 2.24) is 4.98 Å². The Bertz CT molecular complexity index is 473. The summed E-state index contributed by atoms with van der Waals surface area (Å²) < 4.78 is 4.50. The fraction of sp³-hybridized carbons (Fsp3) is 0.364. The molecule has 0 saturated carbocycles. The zero-order valence-electron chi connectivity index (χ0n) is 9.82. The minimum absolute atomic E-state index is 0.0678. The molecule has 1 heterocycles. The van der Waals surface area contributed by atoms with Gasteiger partial charge in [-0.05, 0) is 18.6 Å². The van der Waals surface area contributed by atoms with Crippen molar-refractivity contribution in [2.45, 2.75) is 19.1 Å². The maximum absolute atomic E-state index is 11.3. The van der Waals surface area contributed by atoms with E-state index in [9.17, 15) is 19.8 Å². The van der Waals surface area contributed by atoms with E-state index in [1.54, 1.807) is 6.92 Å². The first kappa shape index (κ1) is 14.1. The Kier molecular flexibility index (Phi) is 4.35. The van der Waals surface area contributed by atoms with Crippen molar-refractivity contribution in [3.05, 3.63) is 29.1 Å². The fourth-order valence-corrected chi connectivity index (χ4v) is 1.39. The van der Waals surface area contributed by atoms with E-state index in [4.69, 9.17) is 5.11 Å². The van der Waals surface area contributed by atoms with Gasteiger partial charge in [0, 0.05) is 11.8 Å². The Balaban J connectivity index is 3.04. The Morgan fingerprint density at radius 1 is 1.39 bits per heavy atom. The van der Waals surface area contributed by atoms with Crippen LogP contribution >= 0.6 is 0 Å². The quantitative estimate of drug-likeness (QED) is 0.630. The molecule has 7 nitrogen and oxygen atoms in total. The number of aryl methyl sites for hydroxylation is 1. The van der Waals surface area contributed by atoms with Gasteiger partial charge >= 0.3 is 11.9 Å². The molecule has 3 N–H and O–H groups in total. The zero-order valence-corrected chi connectivity index (χ0v) is 9.82. The summed E-state index contributed by atoms with van der Waals surface area (Å²) in [7, 11) is 1.21. The Morgan fingerprint density at radius 2 is 2.00 bits per heavy atom. The topological polar surface area (TPSA) is 117 Å². The van der Waals surface area contributed by atoms with Crippen molar-refractivity contribution in [3.63, 3.8) is 0 Å². The van der Waals surface area contributed by atoms with E-state index < -0.39 is 24.1 Å². The summed E-state index contributed by atoms with van der Waals surface area (Å²) in [5.74, 6) is -2.18. The highest BCUT2D eigenvalue weighted by Gasteiger charge is 2.26. The van der Waals surface area contributed by atoms with E-state index in [1.165, 1.54) is 13.2 Å². The predicted molar refractivity (Wildman–Crippen MR) is 58.9 cm³/mol. The van der Waals surface area contributed by atoms with E-state index in [-0.39, 0.29) is 11.3 Å². The molecule has 0 aromatic carbocycles. The highest BCUT2D eigenvalue weighted by atomic mass is 16.5. The number of methoxy groups -OCH3 is 1. The van der Waals surface area contributed by atoms with Gasteiger partial charge in [0.2, 0.25) is 0 Å². The summed E-state index contributed by atoms with van der Waals surface area (Å²) in [5, 5.41) is 27.3. The lowest BCUT2D eigenvalue weighted by molar-refractivity contribution is -0.153. The number of aliphatic hydroxyl groups excluding tert-OH is 2. The van der Waals surface area contributed by atoms with Crippen LogP contribution in [0.3, 0.4) is 0 Å². The molecule has 2 unspecified atom stereocenters. The van der Waals surface area contributed by atoms with Crippen LogP contribution in [0.25, 0.3) is 0 Å². The molecule has 0 bridgehead atoms. The van der Waals surface area contributed by atoms with Gasteiger partial charge < -0.3 is 20.1 Å². The highest BCUT2D eigenvalue weighted by molar-refractivity contribution is 5.88. The molecule has 0 saturated heterocycles. The molecule has 0 aliphatic carbocycles. The molecular formula is C11H13NO6. The lowest BCUT2D eigenvalue weighted by atomic mass is 10.0. The molecule has 1 aromatic heterocycles. The lowest BCUT2D eigenvalue weighted by Gasteiger charge is -2.15. The fourth-order valence-electron chi connectivity index (χ4n) is 1.39. The van der Waals surface area contributed by atoms with Gasteiger partial charge in [-0.3, -0.25) is 0 Å². The average molecular weight is 255 g/mol.